The maximum Gasteiger partial charge on any atom is 0.409 e. The molecule has 1 atom stereocenters. The normalized spacial score (nSPS) is 15.3. The molecule has 0 spiro atoms. The molecule has 1 aliphatic heterocycles. The number of carbonyl (C=O) groups is 3. The minimum Gasteiger partial charge on any atom is -0.450 e. The van der Waals surface area contributed by atoms with E-state index in [0.29, 0.717) is 38.1 Å². The zero-order valence-electron chi connectivity index (χ0n) is 18.6. The second-order valence-corrected chi connectivity index (χ2v) is 8.94. The minimum atomic E-state index is -0.687. The number of piperidine rings is 1. The molecule has 1 fully saturated rings. The van der Waals surface area contributed by atoms with Crippen LogP contribution in [0.1, 0.15) is 37.0 Å². The number of likely N-dealkylation sites (tertiary alicyclic amines) is 1. The first kappa shape index (κ1) is 22.8. The first-order valence-corrected chi connectivity index (χ1v) is 11.8. The number of nitrogens with zero attached hydrogens (tertiary/aromatic N) is 3. The Morgan fingerprint density at radius 3 is 2.64 bits per heavy atom. The van der Waals surface area contributed by atoms with Gasteiger partial charge in [-0.15, -0.1) is 0 Å². The summed E-state index contributed by atoms with van der Waals surface area (Å²) in [6, 6.07) is 8.46. The molecule has 0 aliphatic carbocycles. The highest BCUT2D eigenvalue weighted by Crippen LogP contribution is 2.26. The quantitative estimate of drug-likeness (QED) is 0.578. The number of nitrogens with one attached hydrogen (secondary N) is 2. The molecule has 1 saturated heterocycles. The first-order valence-electron chi connectivity index (χ1n) is 11.0. The van der Waals surface area contributed by atoms with E-state index in [2.05, 4.69) is 15.6 Å². The Morgan fingerprint density at radius 1 is 1.21 bits per heavy atom. The van der Waals surface area contributed by atoms with Gasteiger partial charge in [-0.2, -0.15) is 0 Å². The standard InChI is InChI=1S/C23H27N5O4S/c1-3-32-23(31)28-12-8-17(9-13-28)25-20(29)15(2)24-21(30)16-6-7-18-19(14-16)33-22(26-18)27-10-4-5-11-27/h4-7,10-11,14-15,17H,3,8-9,12-13H2,1-2H3,(H,24,30)(H,25,29)/t15-/m1/s1. The Labute approximate surface area is 195 Å². The molecular formula is C23H27N5O4S. The van der Waals surface area contributed by atoms with Gasteiger partial charge in [-0.25, -0.2) is 9.78 Å². The van der Waals surface area contributed by atoms with Crippen LogP contribution in [0, 0.1) is 0 Å². The van der Waals surface area contributed by atoms with E-state index >= 15 is 0 Å². The van der Waals surface area contributed by atoms with Crippen LogP contribution in [0.5, 0.6) is 0 Å². The molecule has 3 heterocycles. The van der Waals surface area contributed by atoms with Crippen molar-refractivity contribution in [2.24, 2.45) is 0 Å². The third-order valence-corrected chi connectivity index (χ3v) is 6.60. The highest BCUT2D eigenvalue weighted by atomic mass is 32.1. The molecule has 0 unspecified atom stereocenters. The van der Waals surface area contributed by atoms with Crippen molar-refractivity contribution in [1.29, 1.82) is 0 Å². The average Bonchev–Trinajstić information content (AvgIpc) is 3.49. The number of amides is 3. The summed E-state index contributed by atoms with van der Waals surface area (Å²) in [4.78, 5) is 43.4. The predicted molar refractivity (Wildman–Crippen MR) is 126 cm³/mol. The molecule has 2 N–H and O–H groups in total. The molecule has 4 rings (SSSR count). The number of benzene rings is 1. The van der Waals surface area contributed by atoms with Gasteiger partial charge in [0.1, 0.15) is 6.04 Å². The van der Waals surface area contributed by atoms with Crippen LogP contribution in [0.4, 0.5) is 4.79 Å². The smallest absolute Gasteiger partial charge is 0.409 e. The Kier molecular flexibility index (Phi) is 6.93. The van der Waals surface area contributed by atoms with Crippen molar-refractivity contribution in [3.63, 3.8) is 0 Å². The van der Waals surface area contributed by atoms with Crippen molar-refractivity contribution in [2.75, 3.05) is 19.7 Å². The van der Waals surface area contributed by atoms with Crippen LogP contribution in [0.25, 0.3) is 15.3 Å². The topological polar surface area (TPSA) is 106 Å². The van der Waals surface area contributed by atoms with Gasteiger partial charge in [0.25, 0.3) is 5.91 Å². The van der Waals surface area contributed by atoms with Gasteiger partial charge >= 0.3 is 6.09 Å². The number of hydrogen-bond donors (Lipinski definition) is 2. The molecule has 1 aliphatic rings. The third-order valence-electron chi connectivity index (χ3n) is 5.57. The van der Waals surface area contributed by atoms with E-state index in [1.54, 1.807) is 30.9 Å². The molecule has 2 aromatic heterocycles. The predicted octanol–water partition coefficient (Wildman–Crippen LogP) is 2.94. The van der Waals surface area contributed by atoms with Crippen molar-refractivity contribution >= 4 is 39.5 Å². The molecule has 33 heavy (non-hydrogen) atoms. The van der Waals surface area contributed by atoms with E-state index in [1.807, 2.05) is 35.2 Å². The van der Waals surface area contributed by atoms with Crippen molar-refractivity contribution in [3.8, 4) is 5.13 Å². The number of carbonyl (C=O) groups excluding carboxylic acids is 3. The second kappa shape index (κ2) is 10.0. The maximum absolute atomic E-state index is 12.7. The molecule has 1 aromatic carbocycles. The molecule has 174 valence electrons. The summed E-state index contributed by atoms with van der Waals surface area (Å²) in [5, 5.41) is 6.57. The highest BCUT2D eigenvalue weighted by molar-refractivity contribution is 7.20. The summed E-state index contributed by atoms with van der Waals surface area (Å²) in [6.07, 6.45) is 4.83. The molecule has 10 heteroatoms. The number of rotatable bonds is 6. The summed E-state index contributed by atoms with van der Waals surface area (Å²) in [5.41, 5.74) is 1.30. The first-order chi connectivity index (χ1) is 15.9. The van der Waals surface area contributed by atoms with Crippen molar-refractivity contribution in [1.82, 2.24) is 25.1 Å². The fourth-order valence-electron chi connectivity index (χ4n) is 3.72. The van der Waals surface area contributed by atoms with Crippen molar-refractivity contribution in [2.45, 2.75) is 38.8 Å². The van der Waals surface area contributed by atoms with E-state index in [0.717, 1.165) is 15.3 Å². The van der Waals surface area contributed by atoms with E-state index in [4.69, 9.17) is 4.74 Å². The van der Waals surface area contributed by atoms with Crippen LogP contribution >= 0.6 is 11.3 Å². The molecule has 3 amide bonds. The van der Waals surface area contributed by atoms with E-state index in [9.17, 15) is 14.4 Å². The van der Waals surface area contributed by atoms with Gasteiger partial charge in [0.2, 0.25) is 5.91 Å². The lowest BCUT2D eigenvalue weighted by Gasteiger charge is -2.32. The fourth-order valence-corrected chi connectivity index (χ4v) is 4.69. The molecule has 0 radical (unpaired) electrons. The van der Waals surface area contributed by atoms with Crippen molar-refractivity contribution in [3.05, 3.63) is 48.3 Å². The van der Waals surface area contributed by atoms with Crippen molar-refractivity contribution < 1.29 is 19.1 Å². The number of thiazole rings is 1. The summed E-state index contributed by atoms with van der Waals surface area (Å²) in [7, 11) is 0. The summed E-state index contributed by atoms with van der Waals surface area (Å²) < 4.78 is 7.84. The van der Waals surface area contributed by atoms with Gasteiger partial charge < -0.3 is 24.8 Å². The van der Waals surface area contributed by atoms with E-state index in [1.165, 1.54) is 11.3 Å². The zero-order valence-corrected chi connectivity index (χ0v) is 19.4. The highest BCUT2D eigenvalue weighted by Gasteiger charge is 2.26. The van der Waals surface area contributed by atoms with Crippen LogP contribution < -0.4 is 10.6 Å². The lowest BCUT2D eigenvalue weighted by molar-refractivity contribution is -0.123. The lowest BCUT2D eigenvalue weighted by Crippen LogP contribution is -2.51. The van der Waals surface area contributed by atoms with Gasteiger partial charge in [0.05, 0.1) is 16.8 Å². The van der Waals surface area contributed by atoms with Gasteiger partial charge in [-0.3, -0.25) is 9.59 Å². The number of ether oxygens (including phenoxy) is 1. The van der Waals surface area contributed by atoms with E-state index < -0.39 is 6.04 Å². The number of hydrogen-bond acceptors (Lipinski definition) is 6. The Morgan fingerprint density at radius 2 is 1.94 bits per heavy atom. The monoisotopic (exact) mass is 469 g/mol. The molecular weight excluding hydrogens is 442 g/mol. The third kappa shape index (κ3) is 5.33. The Hall–Kier alpha value is -3.40. The molecule has 9 nitrogen and oxygen atoms in total. The van der Waals surface area contributed by atoms with Crippen LogP contribution in [0.15, 0.2) is 42.7 Å². The summed E-state index contributed by atoms with van der Waals surface area (Å²) in [6.45, 7) is 4.85. The Bertz CT molecular complexity index is 1140. The number of fused-ring (bicyclic) bond motifs is 1. The SMILES string of the molecule is CCOC(=O)N1CCC(NC(=O)[C@@H](C)NC(=O)c2ccc3nc(-n4cccc4)sc3c2)CC1. The fraction of sp³-hybridized carbons (Fsp3) is 0.391. The van der Waals surface area contributed by atoms with Gasteiger partial charge in [0, 0.05) is 37.1 Å². The summed E-state index contributed by atoms with van der Waals surface area (Å²) in [5.74, 6) is -0.556. The zero-order chi connectivity index (χ0) is 23.4. The minimum absolute atomic E-state index is 0.0387. The largest absolute Gasteiger partial charge is 0.450 e. The second-order valence-electron chi connectivity index (χ2n) is 7.93. The molecule has 0 bridgehead atoms. The van der Waals surface area contributed by atoms with Crippen LogP contribution in [-0.4, -0.2) is 64.1 Å². The van der Waals surface area contributed by atoms with Gasteiger partial charge in [0.15, 0.2) is 5.13 Å². The van der Waals surface area contributed by atoms with Gasteiger partial charge in [-0.1, -0.05) is 11.3 Å². The van der Waals surface area contributed by atoms with E-state index in [-0.39, 0.29) is 23.9 Å². The van der Waals surface area contributed by atoms with Gasteiger partial charge in [-0.05, 0) is 57.0 Å². The molecule has 0 saturated carbocycles. The number of aromatic nitrogens is 2. The lowest BCUT2D eigenvalue weighted by atomic mass is 10.0. The average molecular weight is 470 g/mol. The Balaban J connectivity index is 1.31. The van der Waals surface area contributed by atoms with Crippen LogP contribution in [-0.2, 0) is 9.53 Å². The van der Waals surface area contributed by atoms with Crippen LogP contribution in [0.3, 0.4) is 0 Å². The molecule has 3 aromatic rings. The van der Waals surface area contributed by atoms with Crippen LogP contribution in [0.2, 0.25) is 0 Å². The maximum atomic E-state index is 12.7. The summed E-state index contributed by atoms with van der Waals surface area (Å²) >= 11 is 1.50.